The van der Waals surface area contributed by atoms with Crippen LogP contribution in [0.4, 0.5) is 5.69 Å². The van der Waals surface area contributed by atoms with Crippen molar-refractivity contribution in [1.82, 2.24) is 14.4 Å². The van der Waals surface area contributed by atoms with Gasteiger partial charge in [-0.05, 0) is 67.1 Å². The smallest absolute Gasteiger partial charge is 0.255 e. The molecular formula is C25H20N4O2. The number of rotatable bonds is 5. The molecular weight excluding hydrogens is 388 g/mol. The fourth-order valence-corrected chi connectivity index (χ4v) is 3.44. The molecule has 0 aliphatic heterocycles. The van der Waals surface area contributed by atoms with Gasteiger partial charge in [0, 0.05) is 35.2 Å². The third kappa shape index (κ3) is 4.09. The lowest BCUT2D eigenvalue weighted by Gasteiger charge is -2.08. The Morgan fingerprint density at radius 1 is 1.03 bits per heavy atom. The average Bonchev–Trinajstić information content (AvgIpc) is 3.20. The van der Waals surface area contributed by atoms with E-state index >= 15 is 0 Å². The van der Waals surface area contributed by atoms with E-state index in [9.17, 15) is 4.79 Å². The molecule has 152 valence electrons. The van der Waals surface area contributed by atoms with E-state index in [2.05, 4.69) is 15.3 Å². The van der Waals surface area contributed by atoms with E-state index in [4.69, 9.17) is 4.74 Å². The molecule has 5 rings (SSSR count). The quantitative estimate of drug-likeness (QED) is 0.443. The maximum absolute atomic E-state index is 12.6. The number of fused-ring (bicyclic) bond motifs is 2. The standard InChI is InChI=1S/C25H20N4O2/c1-17-4-11-24-27-21(15-29(24)14-17)16-31-22-8-5-18(6-9-22)25(30)28-20-7-10-23-19(13-20)3-2-12-26-23/h2-15H,16H2,1H3,(H,28,30). The highest BCUT2D eigenvalue weighted by molar-refractivity contribution is 6.05. The molecule has 1 amide bonds. The van der Waals surface area contributed by atoms with Gasteiger partial charge in [-0.15, -0.1) is 0 Å². The molecule has 0 radical (unpaired) electrons. The molecule has 3 aromatic heterocycles. The first-order valence-electron chi connectivity index (χ1n) is 9.97. The molecule has 0 aliphatic rings. The lowest BCUT2D eigenvalue weighted by Crippen LogP contribution is -2.11. The van der Waals surface area contributed by atoms with Crippen LogP contribution in [0, 0.1) is 6.92 Å². The fourth-order valence-electron chi connectivity index (χ4n) is 3.44. The van der Waals surface area contributed by atoms with Crippen molar-refractivity contribution in [3.05, 3.63) is 102 Å². The summed E-state index contributed by atoms with van der Waals surface area (Å²) in [5, 5.41) is 3.90. The Labute approximate surface area is 179 Å². The molecule has 6 heteroatoms. The Kier molecular flexibility index (Phi) is 4.80. The van der Waals surface area contributed by atoms with E-state index in [1.165, 1.54) is 5.56 Å². The Morgan fingerprint density at radius 3 is 2.77 bits per heavy atom. The van der Waals surface area contributed by atoms with Crippen LogP contribution < -0.4 is 10.1 Å². The van der Waals surface area contributed by atoms with Crippen LogP contribution in [0.5, 0.6) is 5.75 Å². The number of benzene rings is 2. The van der Waals surface area contributed by atoms with Gasteiger partial charge in [0.25, 0.3) is 5.91 Å². The number of carbonyl (C=O) groups excluding carboxylic acids is 1. The Balaban J connectivity index is 1.23. The minimum Gasteiger partial charge on any atom is -0.487 e. The number of hydrogen-bond donors (Lipinski definition) is 1. The highest BCUT2D eigenvalue weighted by atomic mass is 16.5. The first-order valence-corrected chi connectivity index (χ1v) is 9.97. The molecule has 0 aliphatic carbocycles. The second-order valence-corrected chi connectivity index (χ2v) is 7.38. The monoisotopic (exact) mass is 408 g/mol. The second-order valence-electron chi connectivity index (χ2n) is 7.38. The summed E-state index contributed by atoms with van der Waals surface area (Å²) in [6.07, 6.45) is 5.74. The molecule has 0 saturated heterocycles. The predicted octanol–water partition coefficient (Wildman–Crippen LogP) is 5.02. The normalized spacial score (nSPS) is 11.0. The molecule has 2 aromatic carbocycles. The molecule has 31 heavy (non-hydrogen) atoms. The van der Waals surface area contributed by atoms with Gasteiger partial charge in [-0.25, -0.2) is 4.98 Å². The maximum atomic E-state index is 12.6. The third-order valence-electron chi connectivity index (χ3n) is 5.01. The molecule has 5 aromatic rings. The van der Waals surface area contributed by atoms with Gasteiger partial charge in [-0.2, -0.15) is 0 Å². The van der Waals surface area contributed by atoms with Crippen molar-refractivity contribution in [2.75, 3.05) is 5.32 Å². The minimum absolute atomic E-state index is 0.175. The van der Waals surface area contributed by atoms with Crippen LogP contribution in [-0.2, 0) is 6.61 Å². The van der Waals surface area contributed by atoms with E-state index in [1.807, 2.05) is 66.2 Å². The summed E-state index contributed by atoms with van der Waals surface area (Å²) in [5.74, 6) is 0.507. The van der Waals surface area contributed by atoms with Crippen molar-refractivity contribution in [2.45, 2.75) is 13.5 Å². The minimum atomic E-state index is -0.175. The Hall–Kier alpha value is -4.19. The molecule has 3 heterocycles. The first-order chi connectivity index (χ1) is 15.1. The van der Waals surface area contributed by atoms with Gasteiger partial charge >= 0.3 is 0 Å². The van der Waals surface area contributed by atoms with Crippen LogP contribution in [0.15, 0.2) is 85.3 Å². The van der Waals surface area contributed by atoms with E-state index in [0.29, 0.717) is 17.9 Å². The predicted molar refractivity (Wildman–Crippen MR) is 120 cm³/mol. The second kappa shape index (κ2) is 7.91. The topological polar surface area (TPSA) is 68.5 Å². The number of carbonyl (C=O) groups is 1. The highest BCUT2D eigenvalue weighted by Crippen LogP contribution is 2.19. The highest BCUT2D eigenvalue weighted by Gasteiger charge is 2.08. The van der Waals surface area contributed by atoms with E-state index in [0.717, 1.165) is 27.9 Å². The third-order valence-corrected chi connectivity index (χ3v) is 5.01. The lowest BCUT2D eigenvalue weighted by molar-refractivity contribution is 0.102. The molecule has 6 nitrogen and oxygen atoms in total. The zero-order chi connectivity index (χ0) is 21.2. The molecule has 0 saturated carbocycles. The van der Waals surface area contributed by atoms with Gasteiger partial charge in [-0.1, -0.05) is 12.1 Å². The van der Waals surface area contributed by atoms with E-state index in [-0.39, 0.29) is 5.91 Å². The van der Waals surface area contributed by atoms with Crippen molar-refractivity contribution in [3.63, 3.8) is 0 Å². The van der Waals surface area contributed by atoms with Crippen LogP contribution in [0.1, 0.15) is 21.6 Å². The molecule has 0 atom stereocenters. The maximum Gasteiger partial charge on any atom is 0.255 e. The molecule has 1 N–H and O–H groups in total. The van der Waals surface area contributed by atoms with Gasteiger partial charge in [-0.3, -0.25) is 9.78 Å². The van der Waals surface area contributed by atoms with Gasteiger partial charge in [0.05, 0.1) is 11.2 Å². The van der Waals surface area contributed by atoms with Gasteiger partial charge in [0.1, 0.15) is 18.0 Å². The van der Waals surface area contributed by atoms with Crippen molar-refractivity contribution in [1.29, 1.82) is 0 Å². The van der Waals surface area contributed by atoms with Gasteiger partial charge < -0.3 is 14.5 Å². The number of anilines is 1. The Morgan fingerprint density at radius 2 is 1.90 bits per heavy atom. The number of imidazole rings is 1. The van der Waals surface area contributed by atoms with Crippen LogP contribution in [-0.4, -0.2) is 20.3 Å². The number of aryl methyl sites for hydroxylation is 1. The van der Waals surface area contributed by atoms with E-state index < -0.39 is 0 Å². The molecule has 0 fully saturated rings. The summed E-state index contributed by atoms with van der Waals surface area (Å²) in [6.45, 7) is 2.40. The number of aromatic nitrogens is 3. The fraction of sp³-hybridized carbons (Fsp3) is 0.0800. The number of ether oxygens (including phenoxy) is 1. The number of nitrogens with one attached hydrogen (secondary N) is 1. The number of amides is 1. The van der Waals surface area contributed by atoms with Crippen LogP contribution in [0.3, 0.4) is 0 Å². The summed E-state index contributed by atoms with van der Waals surface area (Å²) in [7, 11) is 0. The van der Waals surface area contributed by atoms with Crippen LogP contribution in [0.25, 0.3) is 16.6 Å². The summed E-state index contributed by atoms with van der Waals surface area (Å²) < 4.78 is 7.83. The summed E-state index contributed by atoms with van der Waals surface area (Å²) in [6, 6.07) is 20.6. The Bertz CT molecular complexity index is 1390. The number of pyridine rings is 2. The van der Waals surface area contributed by atoms with Crippen molar-refractivity contribution in [3.8, 4) is 5.75 Å². The van der Waals surface area contributed by atoms with Crippen LogP contribution in [0.2, 0.25) is 0 Å². The van der Waals surface area contributed by atoms with Crippen molar-refractivity contribution >= 4 is 28.1 Å². The molecule has 0 unspecified atom stereocenters. The SMILES string of the molecule is Cc1ccc2nc(COc3ccc(C(=O)Nc4ccc5ncccc5c4)cc3)cn2c1. The average molecular weight is 408 g/mol. The summed E-state index contributed by atoms with van der Waals surface area (Å²) >= 11 is 0. The zero-order valence-corrected chi connectivity index (χ0v) is 16.9. The molecule has 0 spiro atoms. The molecule has 0 bridgehead atoms. The van der Waals surface area contributed by atoms with E-state index in [1.54, 1.807) is 30.5 Å². The number of hydrogen-bond acceptors (Lipinski definition) is 4. The van der Waals surface area contributed by atoms with Crippen molar-refractivity contribution < 1.29 is 9.53 Å². The lowest BCUT2D eigenvalue weighted by atomic mass is 10.1. The number of nitrogens with zero attached hydrogens (tertiary/aromatic N) is 3. The van der Waals surface area contributed by atoms with Gasteiger partial charge in [0.15, 0.2) is 0 Å². The van der Waals surface area contributed by atoms with Crippen molar-refractivity contribution in [2.24, 2.45) is 0 Å². The summed E-state index contributed by atoms with van der Waals surface area (Å²) in [4.78, 5) is 21.4. The first kappa shape index (κ1) is 18.8. The largest absolute Gasteiger partial charge is 0.487 e. The van der Waals surface area contributed by atoms with Crippen LogP contribution >= 0.6 is 0 Å². The summed E-state index contributed by atoms with van der Waals surface area (Å²) in [5.41, 5.74) is 5.09. The van der Waals surface area contributed by atoms with Gasteiger partial charge in [0.2, 0.25) is 0 Å². The zero-order valence-electron chi connectivity index (χ0n) is 16.9.